The van der Waals surface area contributed by atoms with Gasteiger partial charge in [0.15, 0.2) is 0 Å². The lowest BCUT2D eigenvalue weighted by Crippen LogP contribution is -2.37. The summed E-state index contributed by atoms with van der Waals surface area (Å²) in [5.74, 6) is 0.499. The minimum atomic E-state index is -0.869. The van der Waals surface area contributed by atoms with Crippen LogP contribution in [0.25, 0.3) is 0 Å². The second kappa shape index (κ2) is 8.12. The second-order valence-corrected chi connectivity index (χ2v) is 4.82. The molecular formula is C15H26N2O4. The summed E-state index contributed by atoms with van der Waals surface area (Å²) >= 11 is 0. The molecule has 0 aliphatic carbocycles. The predicted octanol–water partition coefficient (Wildman–Crippen LogP) is 3.18. The third-order valence-electron chi connectivity index (χ3n) is 3.75. The molecule has 0 bridgehead atoms. The van der Waals surface area contributed by atoms with E-state index in [1.54, 1.807) is 6.92 Å². The van der Waals surface area contributed by atoms with Crippen molar-refractivity contribution in [2.45, 2.75) is 65.4 Å². The van der Waals surface area contributed by atoms with E-state index in [-0.39, 0.29) is 12.1 Å². The molecule has 1 unspecified atom stereocenters. The van der Waals surface area contributed by atoms with Crippen LogP contribution in [-0.4, -0.2) is 29.3 Å². The van der Waals surface area contributed by atoms with Crippen LogP contribution in [0.3, 0.4) is 0 Å². The molecule has 1 rings (SSSR count). The van der Waals surface area contributed by atoms with Crippen molar-refractivity contribution in [1.82, 2.24) is 10.1 Å². The Morgan fingerprint density at radius 2 is 1.86 bits per heavy atom. The largest absolute Gasteiger partial charge is 0.465 e. The number of carbonyl (C=O) groups excluding carboxylic acids is 1. The summed E-state index contributed by atoms with van der Waals surface area (Å²) in [4.78, 5) is 16.7. The van der Waals surface area contributed by atoms with Gasteiger partial charge in [0, 0.05) is 6.61 Å². The molecule has 0 aliphatic rings. The Bertz CT molecular complexity index is 441. The predicted molar refractivity (Wildman–Crippen MR) is 77.8 cm³/mol. The minimum Gasteiger partial charge on any atom is -0.465 e. The smallest absolute Gasteiger partial charge is 0.321 e. The molecule has 1 atom stereocenters. The summed E-state index contributed by atoms with van der Waals surface area (Å²) < 4.78 is 16.1. The van der Waals surface area contributed by atoms with Gasteiger partial charge in [-0.1, -0.05) is 25.9 Å². The Morgan fingerprint density at radius 3 is 2.33 bits per heavy atom. The van der Waals surface area contributed by atoms with E-state index >= 15 is 0 Å². The van der Waals surface area contributed by atoms with E-state index < -0.39 is 5.41 Å². The van der Waals surface area contributed by atoms with Crippen LogP contribution < -0.4 is 0 Å². The van der Waals surface area contributed by atoms with Gasteiger partial charge in [0.25, 0.3) is 0 Å². The van der Waals surface area contributed by atoms with Crippen LogP contribution in [0.4, 0.5) is 0 Å². The van der Waals surface area contributed by atoms with Gasteiger partial charge >= 0.3 is 5.97 Å². The maximum atomic E-state index is 12.3. The van der Waals surface area contributed by atoms with Crippen molar-refractivity contribution in [1.29, 1.82) is 0 Å². The number of hydrogen-bond donors (Lipinski definition) is 0. The molecule has 0 aliphatic heterocycles. The van der Waals surface area contributed by atoms with E-state index in [0.29, 0.717) is 37.8 Å². The van der Waals surface area contributed by atoms with E-state index in [0.717, 1.165) is 6.42 Å². The lowest BCUT2D eigenvalue weighted by atomic mass is 9.82. The molecule has 0 fully saturated rings. The van der Waals surface area contributed by atoms with Crippen LogP contribution in [-0.2, 0) is 19.7 Å². The highest BCUT2D eigenvalue weighted by Gasteiger charge is 2.44. The molecule has 1 heterocycles. The van der Waals surface area contributed by atoms with Crippen molar-refractivity contribution in [2.75, 3.05) is 13.2 Å². The lowest BCUT2D eigenvalue weighted by Gasteiger charge is -2.24. The zero-order valence-corrected chi connectivity index (χ0v) is 13.6. The molecule has 6 heteroatoms. The molecule has 0 spiro atoms. The zero-order chi connectivity index (χ0) is 15.9. The van der Waals surface area contributed by atoms with Gasteiger partial charge in [-0.15, -0.1) is 0 Å². The monoisotopic (exact) mass is 298 g/mol. The molecule has 0 amide bonds. The molecule has 21 heavy (non-hydrogen) atoms. The highest BCUT2D eigenvalue weighted by atomic mass is 16.5. The highest BCUT2D eigenvalue weighted by Crippen LogP contribution is 2.33. The minimum absolute atomic E-state index is 0.207. The van der Waals surface area contributed by atoms with Crippen molar-refractivity contribution >= 4 is 5.97 Å². The van der Waals surface area contributed by atoms with Gasteiger partial charge in [-0.25, -0.2) is 0 Å². The van der Waals surface area contributed by atoms with Crippen LogP contribution >= 0.6 is 0 Å². The number of hydrogen-bond acceptors (Lipinski definition) is 6. The third-order valence-corrected chi connectivity index (χ3v) is 3.75. The van der Waals surface area contributed by atoms with Crippen molar-refractivity contribution in [3.63, 3.8) is 0 Å². The summed E-state index contributed by atoms with van der Waals surface area (Å²) in [6.45, 7) is 10.5. The first-order chi connectivity index (χ1) is 10.1. The normalized spacial score (nSPS) is 13.2. The fourth-order valence-corrected chi connectivity index (χ4v) is 2.33. The first kappa shape index (κ1) is 17.6. The summed E-state index contributed by atoms with van der Waals surface area (Å²) in [6.07, 6.45) is 1.64. The summed E-state index contributed by atoms with van der Waals surface area (Å²) in [6, 6.07) is 0. The zero-order valence-electron chi connectivity index (χ0n) is 13.6. The Morgan fingerprint density at radius 1 is 1.19 bits per heavy atom. The van der Waals surface area contributed by atoms with Gasteiger partial charge in [0.2, 0.25) is 11.7 Å². The lowest BCUT2D eigenvalue weighted by molar-refractivity contribution is -0.151. The van der Waals surface area contributed by atoms with Crippen molar-refractivity contribution in [3.8, 4) is 0 Å². The van der Waals surface area contributed by atoms with Gasteiger partial charge in [0.05, 0.1) is 6.61 Å². The number of rotatable bonds is 9. The first-order valence-corrected chi connectivity index (χ1v) is 7.72. The van der Waals surface area contributed by atoms with Crippen LogP contribution in [0, 0.1) is 0 Å². The van der Waals surface area contributed by atoms with Gasteiger partial charge < -0.3 is 14.0 Å². The summed E-state index contributed by atoms with van der Waals surface area (Å²) in [5, 5.41) is 3.99. The average Bonchev–Trinajstić information content (AvgIpc) is 2.97. The van der Waals surface area contributed by atoms with E-state index in [1.807, 2.05) is 27.7 Å². The molecule has 120 valence electrons. The van der Waals surface area contributed by atoms with E-state index in [2.05, 4.69) is 10.1 Å². The SMILES string of the molecule is CCOC(=O)C(CC)(CC)c1nc(C(CC)OCC)no1. The van der Waals surface area contributed by atoms with Crippen molar-refractivity contribution in [3.05, 3.63) is 11.7 Å². The van der Waals surface area contributed by atoms with Crippen molar-refractivity contribution in [2.24, 2.45) is 0 Å². The van der Waals surface area contributed by atoms with Crippen LogP contribution in [0.5, 0.6) is 0 Å². The fraction of sp³-hybridized carbons (Fsp3) is 0.800. The summed E-state index contributed by atoms with van der Waals surface area (Å²) in [5.41, 5.74) is -0.869. The quantitative estimate of drug-likeness (QED) is 0.652. The molecular weight excluding hydrogens is 272 g/mol. The average molecular weight is 298 g/mol. The van der Waals surface area contributed by atoms with E-state index in [9.17, 15) is 4.79 Å². The molecule has 0 saturated carbocycles. The second-order valence-electron chi connectivity index (χ2n) is 4.82. The maximum Gasteiger partial charge on any atom is 0.321 e. The van der Waals surface area contributed by atoms with Gasteiger partial charge in [0.1, 0.15) is 11.5 Å². The van der Waals surface area contributed by atoms with Crippen LogP contribution in [0.15, 0.2) is 4.52 Å². The number of carbonyl (C=O) groups is 1. The van der Waals surface area contributed by atoms with Gasteiger partial charge in [-0.2, -0.15) is 4.98 Å². The van der Waals surface area contributed by atoms with Crippen LogP contribution in [0.1, 0.15) is 71.7 Å². The Hall–Kier alpha value is -1.43. The Kier molecular flexibility index (Phi) is 6.81. The molecule has 0 saturated heterocycles. The van der Waals surface area contributed by atoms with E-state index in [4.69, 9.17) is 14.0 Å². The number of nitrogens with zero attached hydrogens (tertiary/aromatic N) is 2. The fourth-order valence-electron chi connectivity index (χ4n) is 2.33. The molecule has 6 nitrogen and oxygen atoms in total. The van der Waals surface area contributed by atoms with Gasteiger partial charge in [-0.05, 0) is 33.1 Å². The molecule has 0 radical (unpaired) electrons. The number of esters is 1. The highest BCUT2D eigenvalue weighted by molar-refractivity contribution is 5.81. The standard InChI is InChI=1S/C15H26N2O4/c1-6-11(19-9-4)12-16-13(21-17-12)15(7-2,8-3)14(18)20-10-5/h11H,6-10H2,1-5H3. The third kappa shape index (κ3) is 3.61. The van der Waals surface area contributed by atoms with Crippen LogP contribution in [0.2, 0.25) is 0 Å². The topological polar surface area (TPSA) is 74.5 Å². The van der Waals surface area contributed by atoms with E-state index in [1.165, 1.54) is 0 Å². The Balaban J connectivity index is 3.10. The van der Waals surface area contributed by atoms with Crippen molar-refractivity contribution < 1.29 is 18.8 Å². The summed E-state index contributed by atoms with van der Waals surface area (Å²) in [7, 11) is 0. The molecule has 1 aromatic rings. The Labute approximate surface area is 126 Å². The maximum absolute atomic E-state index is 12.3. The molecule has 0 N–H and O–H groups in total. The molecule has 1 aromatic heterocycles. The number of aromatic nitrogens is 2. The molecule has 0 aromatic carbocycles. The number of ether oxygens (including phenoxy) is 2. The first-order valence-electron chi connectivity index (χ1n) is 7.72. The van der Waals surface area contributed by atoms with Gasteiger partial charge in [-0.3, -0.25) is 4.79 Å².